The number of aryl methyl sites for hydroxylation is 1. The first kappa shape index (κ1) is 15.5. The molecule has 0 amide bonds. The summed E-state index contributed by atoms with van der Waals surface area (Å²) >= 11 is 0. The highest BCUT2D eigenvalue weighted by atomic mass is 15.0. The maximum absolute atomic E-state index is 2.38. The smallest absolute Gasteiger partial charge is 0.0491 e. The number of allylic oxidation sites excluding steroid dienone is 2. The molecule has 0 unspecified atom stereocenters. The lowest BCUT2D eigenvalue weighted by atomic mass is 10.1. The van der Waals surface area contributed by atoms with Crippen LogP contribution in [0, 0.1) is 0 Å². The second-order valence-electron chi connectivity index (χ2n) is 6.17. The Balaban J connectivity index is 1.68. The maximum Gasteiger partial charge on any atom is 0.0491 e. The highest BCUT2D eigenvalue weighted by Gasteiger charge is 2.08. The molecular formula is C24H21N. The van der Waals surface area contributed by atoms with Crippen molar-refractivity contribution in [1.29, 1.82) is 0 Å². The van der Waals surface area contributed by atoms with Crippen molar-refractivity contribution in [3.05, 3.63) is 96.1 Å². The van der Waals surface area contributed by atoms with E-state index in [4.69, 9.17) is 0 Å². The molecule has 1 heterocycles. The largest absolute Gasteiger partial charge is 0.341 e. The van der Waals surface area contributed by atoms with Crippen molar-refractivity contribution < 1.29 is 0 Å². The summed E-state index contributed by atoms with van der Waals surface area (Å²) in [6.45, 7) is 3.19. The molecule has 1 heteroatoms. The molecule has 122 valence electrons. The van der Waals surface area contributed by atoms with Crippen molar-refractivity contribution in [3.63, 3.8) is 0 Å². The van der Waals surface area contributed by atoms with Crippen LogP contribution in [0.2, 0.25) is 0 Å². The van der Waals surface area contributed by atoms with E-state index in [9.17, 15) is 0 Å². The zero-order valence-corrected chi connectivity index (χ0v) is 14.4. The normalized spacial score (nSPS) is 12.0. The van der Waals surface area contributed by atoms with Crippen LogP contribution in [-0.2, 0) is 6.54 Å². The third-order valence-corrected chi connectivity index (χ3v) is 4.60. The first-order chi connectivity index (χ1) is 12.4. The van der Waals surface area contributed by atoms with Crippen LogP contribution in [0.25, 0.3) is 34.0 Å². The lowest BCUT2D eigenvalue weighted by molar-refractivity contribution is 0.827. The summed E-state index contributed by atoms with van der Waals surface area (Å²) in [4.78, 5) is 0. The molecule has 0 fully saturated rings. The number of nitrogens with zero attached hydrogens (tertiary/aromatic N) is 1. The Kier molecular flexibility index (Phi) is 4.22. The SMILES string of the molecule is CCn1c2ccccc2c2cc(C=CC=Cc3ccccc3)ccc21. The van der Waals surface area contributed by atoms with Crippen LogP contribution in [-0.4, -0.2) is 4.57 Å². The van der Waals surface area contributed by atoms with Gasteiger partial charge in [-0.3, -0.25) is 0 Å². The Morgan fingerprint density at radius 2 is 1.36 bits per heavy atom. The van der Waals surface area contributed by atoms with Crippen molar-refractivity contribution in [1.82, 2.24) is 4.57 Å². The third-order valence-electron chi connectivity index (χ3n) is 4.60. The summed E-state index contributed by atoms with van der Waals surface area (Å²) < 4.78 is 2.38. The fraction of sp³-hybridized carbons (Fsp3) is 0.0833. The van der Waals surface area contributed by atoms with E-state index in [0.29, 0.717) is 0 Å². The predicted molar refractivity (Wildman–Crippen MR) is 110 cm³/mol. The monoisotopic (exact) mass is 323 g/mol. The highest BCUT2D eigenvalue weighted by Crippen LogP contribution is 2.29. The van der Waals surface area contributed by atoms with Crippen LogP contribution < -0.4 is 0 Å². The lowest BCUT2D eigenvalue weighted by Gasteiger charge is -2.02. The summed E-state index contributed by atoms with van der Waals surface area (Å²) in [6, 6.07) is 25.7. The van der Waals surface area contributed by atoms with Gasteiger partial charge < -0.3 is 4.57 Å². The van der Waals surface area contributed by atoms with Gasteiger partial charge in [0.15, 0.2) is 0 Å². The third kappa shape index (κ3) is 3.01. The number of benzene rings is 3. The second-order valence-corrected chi connectivity index (χ2v) is 6.17. The van der Waals surface area contributed by atoms with E-state index in [0.717, 1.165) is 6.54 Å². The van der Waals surface area contributed by atoms with Gasteiger partial charge in [0, 0.05) is 28.4 Å². The quantitative estimate of drug-likeness (QED) is 0.376. The summed E-state index contributed by atoms with van der Waals surface area (Å²) in [6.07, 6.45) is 8.48. The number of rotatable bonds is 4. The highest BCUT2D eigenvalue weighted by molar-refractivity contribution is 6.08. The Morgan fingerprint density at radius 1 is 0.680 bits per heavy atom. The summed E-state index contributed by atoms with van der Waals surface area (Å²) in [5, 5.41) is 2.65. The van der Waals surface area contributed by atoms with Crippen LogP contribution in [0.4, 0.5) is 0 Å². The summed E-state index contributed by atoms with van der Waals surface area (Å²) in [7, 11) is 0. The zero-order chi connectivity index (χ0) is 17.1. The van der Waals surface area contributed by atoms with E-state index in [-0.39, 0.29) is 0 Å². The maximum atomic E-state index is 2.38. The first-order valence-electron chi connectivity index (χ1n) is 8.77. The van der Waals surface area contributed by atoms with Crippen LogP contribution >= 0.6 is 0 Å². The van der Waals surface area contributed by atoms with E-state index in [2.05, 4.69) is 103 Å². The number of hydrogen-bond donors (Lipinski definition) is 0. The van der Waals surface area contributed by atoms with E-state index in [1.165, 1.54) is 32.9 Å². The van der Waals surface area contributed by atoms with E-state index in [1.54, 1.807) is 0 Å². The molecule has 0 aliphatic carbocycles. The van der Waals surface area contributed by atoms with Crippen LogP contribution in [0.1, 0.15) is 18.1 Å². The Morgan fingerprint density at radius 3 is 2.16 bits per heavy atom. The van der Waals surface area contributed by atoms with E-state index in [1.807, 2.05) is 6.07 Å². The van der Waals surface area contributed by atoms with Crippen molar-refractivity contribution in [2.45, 2.75) is 13.5 Å². The van der Waals surface area contributed by atoms with Crippen LogP contribution in [0.3, 0.4) is 0 Å². The second kappa shape index (κ2) is 6.82. The van der Waals surface area contributed by atoms with Gasteiger partial charge in [0.05, 0.1) is 0 Å². The van der Waals surface area contributed by atoms with Gasteiger partial charge in [0.1, 0.15) is 0 Å². The van der Waals surface area contributed by atoms with Gasteiger partial charge >= 0.3 is 0 Å². The number of hydrogen-bond acceptors (Lipinski definition) is 0. The summed E-state index contributed by atoms with van der Waals surface area (Å²) in [5.74, 6) is 0. The van der Waals surface area contributed by atoms with Gasteiger partial charge in [0.25, 0.3) is 0 Å². The molecule has 0 aliphatic heterocycles. The predicted octanol–water partition coefficient (Wildman–Crippen LogP) is 6.54. The average Bonchev–Trinajstić information content (AvgIpc) is 2.99. The van der Waals surface area contributed by atoms with Crippen LogP contribution in [0.15, 0.2) is 84.9 Å². The minimum atomic E-state index is 0.985. The molecule has 0 N–H and O–H groups in total. The van der Waals surface area contributed by atoms with Gasteiger partial charge in [-0.25, -0.2) is 0 Å². The molecule has 0 saturated carbocycles. The van der Waals surface area contributed by atoms with E-state index >= 15 is 0 Å². The Bertz CT molecular complexity index is 1070. The average molecular weight is 323 g/mol. The Hall–Kier alpha value is -3.06. The van der Waals surface area contributed by atoms with E-state index < -0.39 is 0 Å². The molecule has 0 saturated heterocycles. The van der Waals surface area contributed by atoms with Crippen LogP contribution in [0.5, 0.6) is 0 Å². The fourth-order valence-corrected chi connectivity index (χ4v) is 3.41. The molecule has 0 aliphatic rings. The van der Waals surface area contributed by atoms with Crippen molar-refractivity contribution in [3.8, 4) is 0 Å². The Labute approximate surface area is 148 Å². The number of para-hydroxylation sites is 1. The number of aromatic nitrogens is 1. The molecule has 0 atom stereocenters. The molecule has 0 bridgehead atoms. The fourth-order valence-electron chi connectivity index (χ4n) is 3.41. The molecule has 0 radical (unpaired) electrons. The standard InChI is InChI=1S/C24H21N/c1-2-25-23-15-9-8-14-21(23)22-18-20(16-17-24(22)25)13-7-6-12-19-10-4-3-5-11-19/h3-18H,2H2,1H3. The molecule has 1 aromatic heterocycles. The first-order valence-corrected chi connectivity index (χ1v) is 8.77. The molecule has 4 aromatic rings. The van der Waals surface area contributed by atoms with Crippen molar-refractivity contribution in [2.75, 3.05) is 0 Å². The van der Waals surface area contributed by atoms with Gasteiger partial charge in [0.2, 0.25) is 0 Å². The minimum absolute atomic E-state index is 0.985. The van der Waals surface area contributed by atoms with Gasteiger partial charge in [-0.15, -0.1) is 0 Å². The zero-order valence-electron chi connectivity index (χ0n) is 14.4. The minimum Gasteiger partial charge on any atom is -0.341 e. The van der Waals surface area contributed by atoms with Gasteiger partial charge in [-0.05, 0) is 36.2 Å². The molecule has 25 heavy (non-hydrogen) atoms. The van der Waals surface area contributed by atoms with Gasteiger partial charge in [-0.2, -0.15) is 0 Å². The van der Waals surface area contributed by atoms with Gasteiger partial charge in [-0.1, -0.05) is 78.9 Å². The molecular weight excluding hydrogens is 302 g/mol. The molecule has 3 aromatic carbocycles. The number of fused-ring (bicyclic) bond motifs is 3. The molecule has 1 nitrogen and oxygen atoms in total. The van der Waals surface area contributed by atoms with Crippen molar-refractivity contribution in [2.24, 2.45) is 0 Å². The molecule has 0 spiro atoms. The molecule has 4 rings (SSSR count). The topological polar surface area (TPSA) is 4.93 Å². The lowest BCUT2D eigenvalue weighted by Crippen LogP contribution is -1.92. The summed E-state index contributed by atoms with van der Waals surface area (Å²) in [5.41, 5.74) is 5.06. The van der Waals surface area contributed by atoms with Crippen molar-refractivity contribution >= 4 is 34.0 Å².